The van der Waals surface area contributed by atoms with E-state index in [1.807, 2.05) is 47.8 Å². The molecule has 0 unspecified atom stereocenters. The van der Waals surface area contributed by atoms with Crippen LogP contribution in [-0.2, 0) is 11.3 Å². The van der Waals surface area contributed by atoms with Crippen LogP contribution in [0.4, 0.5) is 4.79 Å². The summed E-state index contributed by atoms with van der Waals surface area (Å²) in [7, 11) is 0. The molecule has 2 heterocycles. The van der Waals surface area contributed by atoms with Crippen molar-refractivity contribution in [3.63, 3.8) is 0 Å². The zero-order valence-electron chi connectivity index (χ0n) is 17.1. The van der Waals surface area contributed by atoms with Gasteiger partial charge in [-0.1, -0.05) is 42.5 Å². The fraction of sp³-hybridized carbons (Fsp3) is 0.250. The second kappa shape index (κ2) is 8.59. The number of ether oxygens (including phenoxy) is 1. The van der Waals surface area contributed by atoms with Crippen molar-refractivity contribution in [1.29, 1.82) is 15.8 Å². The predicted octanol–water partition coefficient (Wildman–Crippen LogP) is 3.81. The van der Waals surface area contributed by atoms with Crippen molar-refractivity contribution < 1.29 is 9.53 Å². The number of benzene rings is 1. The van der Waals surface area contributed by atoms with Crippen LogP contribution in [0.1, 0.15) is 16.4 Å². The normalized spacial score (nSPS) is 21.4. The topological polar surface area (TPSA) is 127 Å². The van der Waals surface area contributed by atoms with Gasteiger partial charge < -0.3 is 15.4 Å². The maximum atomic E-state index is 12.8. The molecule has 1 aromatic carbocycles. The molecular formula is C24H19N5O2S. The van der Waals surface area contributed by atoms with Gasteiger partial charge in [0.25, 0.3) is 0 Å². The molecule has 2 atom stereocenters. The number of hydrogen-bond acceptors (Lipinski definition) is 7. The summed E-state index contributed by atoms with van der Waals surface area (Å²) < 4.78 is 5.48. The first-order valence-electron chi connectivity index (χ1n) is 9.98. The molecule has 32 heavy (non-hydrogen) atoms. The molecule has 0 spiro atoms. The highest BCUT2D eigenvalue weighted by Gasteiger charge is 2.55. The van der Waals surface area contributed by atoms with Crippen LogP contribution in [0.3, 0.4) is 0 Å². The number of nitrogens with two attached hydrogens (primary N) is 1. The molecule has 7 nitrogen and oxygen atoms in total. The first-order chi connectivity index (χ1) is 15.6. The van der Waals surface area contributed by atoms with E-state index in [0.29, 0.717) is 5.57 Å². The third kappa shape index (κ3) is 3.39. The summed E-state index contributed by atoms with van der Waals surface area (Å²) in [4.78, 5) is 15.1. The molecule has 2 aromatic rings. The standard InChI is InChI=1S/C24H19N5O2S/c25-11-18-17-8-9-29(23(30)31-13-16-5-2-1-3-6-16)12-19(17)21(20-7-4-10-32-20)24(14-26,15-27)22(18)28/h1-8,10,19,21H,9,12-13,28H2/t19-,21-/m0/s1. The Labute approximate surface area is 189 Å². The quantitative estimate of drug-likeness (QED) is 0.771. The highest BCUT2D eigenvalue weighted by atomic mass is 32.1. The van der Waals surface area contributed by atoms with Gasteiger partial charge in [-0.05, 0) is 22.6 Å². The van der Waals surface area contributed by atoms with Crippen LogP contribution in [0.2, 0.25) is 0 Å². The van der Waals surface area contributed by atoms with E-state index < -0.39 is 23.3 Å². The van der Waals surface area contributed by atoms with Crippen LogP contribution in [0, 0.1) is 45.3 Å². The van der Waals surface area contributed by atoms with E-state index in [9.17, 15) is 20.6 Å². The summed E-state index contributed by atoms with van der Waals surface area (Å²) in [5.74, 6) is -1.04. The van der Waals surface area contributed by atoms with Crippen LogP contribution in [0.15, 0.2) is 70.8 Å². The van der Waals surface area contributed by atoms with Crippen LogP contribution < -0.4 is 5.73 Å². The van der Waals surface area contributed by atoms with Gasteiger partial charge in [-0.2, -0.15) is 15.8 Å². The number of fused-ring (bicyclic) bond motifs is 1. The minimum Gasteiger partial charge on any atom is -0.445 e. The largest absolute Gasteiger partial charge is 0.445 e. The van der Waals surface area contributed by atoms with Gasteiger partial charge in [0.15, 0.2) is 5.41 Å². The molecule has 1 aromatic heterocycles. The molecule has 0 fully saturated rings. The van der Waals surface area contributed by atoms with Crippen LogP contribution in [0.5, 0.6) is 0 Å². The Morgan fingerprint density at radius 3 is 2.56 bits per heavy atom. The summed E-state index contributed by atoms with van der Waals surface area (Å²) in [6, 6.07) is 19.3. The fourth-order valence-corrected chi connectivity index (χ4v) is 5.37. The Bertz CT molecular complexity index is 1200. The molecule has 0 bridgehead atoms. The Morgan fingerprint density at radius 2 is 1.94 bits per heavy atom. The minimum atomic E-state index is -1.70. The van der Waals surface area contributed by atoms with Gasteiger partial charge in [-0.3, -0.25) is 0 Å². The zero-order valence-corrected chi connectivity index (χ0v) is 17.9. The summed E-state index contributed by atoms with van der Waals surface area (Å²) in [6.07, 6.45) is 1.29. The van der Waals surface area contributed by atoms with Gasteiger partial charge >= 0.3 is 6.09 Å². The van der Waals surface area contributed by atoms with Crippen molar-refractivity contribution >= 4 is 17.4 Å². The molecule has 2 aliphatic rings. The number of hydrogen-bond donors (Lipinski definition) is 1. The predicted molar refractivity (Wildman–Crippen MR) is 117 cm³/mol. The zero-order chi connectivity index (χ0) is 22.7. The average Bonchev–Trinajstić information content (AvgIpc) is 3.36. The lowest BCUT2D eigenvalue weighted by Gasteiger charge is -2.44. The smallest absolute Gasteiger partial charge is 0.410 e. The molecule has 1 aliphatic carbocycles. The van der Waals surface area contributed by atoms with Crippen molar-refractivity contribution in [3.05, 3.63) is 81.2 Å². The molecule has 4 rings (SSSR count). The van der Waals surface area contributed by atoms with Crippen molar-refractivity contribution in [2.24, 2.45) is 17.1 Å². The third-order valence-electron chi connectivity index (χ3n) is 5.98. The van der Waals surface area contributed by atoms with Crippen LogP contribution in [-0.4, -0.2) is 24.1 Å². The van der Waals surface area contributed by atoms with Gasteiger partial charge in [0, 0.05) is 29.8 Å². The first kappa shape index (κ1) is 21.2. The van der Waals surface area contributed by atoms with E-state index in [4.69, 9.17) is 10.5 Å². The number of allylic oxidation sites excluding steroid dienone is 2. The maximum absolute atomic E-state index is 12.8. The number of carbonyl (C=O) groups excluding carboxylic acids is 1. The van der Waals surface area contributed by atoms with E-state index in [1.165, 1.54) is 16.2 Å². The first-order valence-corrected chi connectivity index (χ1v) is 10.9. The van der Waals surface area contributed by atoms with E-state index in [1.54, 1.807) is 6.08 Å². The Kier molecular flexibility index (Phi) is 5.69. The van der Waals surface area contributed by atoms with Crippen molar-refractivity contribution in [1.82, 2.24) is 4.90 Å². The second-order valence-electron chi connectivity index (χ2n) is 7.64. The van der Waals surface area contributed by atoms with E-state index in [-0.39, 0.29) is 31.0 Å². The number of carbonyl (C=O) groups is 1. The van der Waals surface area contributed by atoms with Gasteiger partial charge in [0.2, 0.25) is 0 Å². The highest BCUT2D eigenvalue weighted by molar-refractivity contribution is 7.10. The van der Waals surface area contributed by atoms with Gasteiger partial charge in [0.05, 0.1) is 23.4 Å². The molecule has 0 saturated heterocycles. The Balaban J connectivity index is 1.69. The Hall–Kier alpha value is -4.06. The van der Waals surface area contributed by atoms with Crippen molar-refractivity contribution in [3.8, 4) is 18.2 Å². The highest BCUT2D eigenvalue weighted by Crippen LogP contribution is 2.54. The molecule has 8 heteroatoms. The SMILES string of the molecule is N#CC1=C(N)C(C#N)(C#N)[C@H](c2cccs2)[C@H]2CN(C(=O)OCc3ccccc3)CC=C12. The minimum absolute atomic E-state index is 0.0222. The molecule has 158 valence electrons. The molecule has 0 saturated carbocycles. The molecule has 0 radical (unpaired) electrons. The number of amides is 1. The monoisotopic (exact) mass is 441 g/mol. The van der Waals surface area contributed by atoms with Gasteiger partial charge in [-0.15, -0.1) is 11.3 Å². The molecule has 1 aliphatic heterocycles. The molecule has 1 amide bonds. The number of thiophene rings is 1. The summed E-state index contributed by atoms with van der Waals surface area (Å²) in [5, 5.41) is 31.8. The summed E-state index contributed by atoms with van der Waals surface area (Å²) in [6.45, 7) is 0.606. The van der Waals surface area contributed by atoms with E-state index >= 15 is 0 Å². The number of nitriles is 3. The summed E-state index contributed by atoms with van der Waals surface area (Å²) in [5.41, 5.74) is 6.26. The lowest BCUT2D eigenvalue weighted by molar-refractivity contribution is 0.0900. The molecule has 2 N–H and O–H groups in total. The second-order valence-corrected chi connectivity index (χ2v) is 8.62. The lowest BCUT2D eigenvalue weighted by atomic mass is 9.59. The van der Waals surface area contributed by atoms with Gasteiger partial charge in [-0.25, -0.2) is 4.79 Å². The average molecular weight is 442 g/mol. The summed E-state index contributed by atoms with van der Waals surface area (Å²) >= 11 is 1.42. The Morgan fingerprint density at radius 1 is 1.19 bits per heavy atom. The van der Waals surface area contributed by atoms with E-state index in [2.05, 4.69) is 18.2 Å². The lowest BCUT2D eigenvalue weighted by Crippen LogP contribution is -2.49. The molecular weight excluding hydrogens is 422 g/mol. The number of nitrogens with zero attached hydrogens (tertiary/aromatic N) is 4. The van der Waals surface area contributed by atoms with Crippen LogP contribution >= 0.6 is 11.3 Å². The van der Waals surface area contributed by atoms with Gasteiger partial charge in [0.1, 0.15) is 12.7 Å². The van der Waals surface area contributed by atoms with Crippen molar-refractivity contribution in [2.75, 3.05) is 13.1 Å². The maximum Gasteiger partial charge on any atom is 0.410 e. The third-order valence-corrected chi connectivity index (χ3v) is 6.93. The van der Waals surface area contributed by atoms with Crippen molar-refractivity contribution in [2.45, 2.75) is 12.5 Å². The van der Waals surface area contributed by atoms with E-state index in [0.717, 1.165) is 10.4 Å². The number of rotatable bonds is 3. The fourth-order valence-electron chi connectivity index (χ4n) is 4.41. The van der Waals surface area contributed by atoms with Crippen LogP contribution in [0.25, 0.3) is 0 Å².